The van der Waals surface area contributed by atoms with Crippen molar-refractivity contribution in [1.29, 1.82) is 0 Å². The van der Waals surface area contributed by atoms with Gasteiger partial charge < -0.3 is 5.32 Å². The van der Waals surface area contributed by atoms with Crippen molar-refractivity contribution < 1.29 is 4.92 Å². The quantitative estimate of drug-likeness (QED) is 0.685. The van der Waals surface area contributed by atoms with Gasteiger partial charge in [-0.25, -0.2) is 4.98 Å². The number of benzene rings is 1. The number of nitro groups is 1. The van der Waals surface area contributed by atoms with Crippen LogP contribution in [0.1, 0.15) is 5.01 Å². The molecule has 0 aliphatic rings. The molecule has 0 atom stereocenters. The first kappa shape index (κ1) is 13.1. The number of nitrogens with one attached hydrogen (secondary N) is 1. The van der Waals surface area contributed by atoms with Crippen LogP contribution in [0.2, 0.25) is 9.36 Å². The Balaban J connectivity index is 2.10. The third-order valence-corrected chi connectivity index (χ3v) is 3.55. The highest BCUT2D eigenvalue weighted by Crippen LogP contribution is 2.28. The first-order valence-corrected chi connectivity index (χ1v) is 6.41. The number of rotatable bonds is 4. The lowest BCUT2D eigenvalue weighted by Crippen LogP contribution is -1.99. The Morgan fingerprint density at radius 2 is 2.22 bits per heavy atom. The van der Waals surface area contributed by atoms with Gasteiger partial charge in [0, 0.05) is 11.8 Å². The van der Waals surface area contributed by atoms with Crippen molar-refractivity contribution >= 4 is 45.9 Å². The summed E-state index contributed by atoms with van der Waals surface area (Å²) in [4.78, 5) is 14.3. The lowest BCUT2D eigenvalue weighted by molar-refractivity contribution is -0.384. The van der Waals surface area contributed by atoms with Crippen molar-refractivity contribution in [3.63, 3.8) is 0 Å². The number of halogens is 2. The molecule has 5 nitrogen and oxygen atoms in total. The number of aromatic nitrogens is 1. The van der Waals surface area contributed by atoms with Crippen LogP contribution in [-0.2, 0) is 6.54 Å². The fourth-order valence-corrected chi connectivity index (χ4v) is 2.39. The van der Waals surface area contributed by atoms with Crippen molar-refractivity contribution in [2.24, 2.45) is 0 Å². The number of hydrogen-bond donors (Lipinski definition) is 1. The summed E-state index contributed by atoms with van der Waals surface area (Å²) in [6.45, 7) is 0.455. The summed E-state index contributed by atoms with van der Waals surface area (Å²) in [7, 11) is 0. The maximum atomic E-state index is 10.7. The van der Waals surface area contributed by atoms with Crippen LogP contribution in [0, 0.1) is 10.1 Å². The monoisotopic (exact) mass is 303 g/mol. The summed E-state index contributed by atoms with van der Waals surface area (Å²) in [5.74, 6) is 0. The van der Waals surface area contributed by atoms with Gasteiger partial charge in [-0.2, -0.15) is 0 Å². The van der Waals surface area contributed by atoms with E-state index in [4.69, 9.17) is 23.2 Å². The summed E-state index contributed by atoms with van der Waals surface area (Å²) in [6, 6.07) is 4.54. The molecular weight excluding hydrogens is 297 g/mol. The summed E-state index contributed by atoms with van der Waals surface area (Å²) >= 11 is 12.8. The zero-order valence-corrected chi connectivity index (χ0v) is 11.2. The Labute approximate surface area is 117 Å². The molecule has 18 heavy (non-hydrogen) atoms. The number of nitro benzene ring substituents is 1. The lowest BCUT2D eigenvalue weighted by Gasteiger charge is -2.04. The third-order valence-electron chi connectivity index (χ3n) is 2.11. The molecule has 0 unspecified atom stereocenters. The van der Waals surface area contributed by atoms with Crippen molar-refractivity contribution in [2.45, 2.75) is 6.54 Å². The van der Waals surface area contributed by atoms with Gasteiger partial charge in [0.25, 0.3) is 5.69 Å². The van der Waals surface area contributed by atoms with Crippen LogP contribution in [0.3, 0.4) is 0 Å². The maximum Gasteiger partial charge on any atom is 0.289 e. The summed E-state index contributed by atoms with van der Waals surface area (Å²) in [6.07, 6.45) is 1.56. The predicted octanol–water partition coefficient (Wildman–Crippen LogP) is 3.97. The van der Waals surface area contributed by atoms with Crippen LogP contribution < -0.4 is 5.32 Å². The van der Waals surface area contributed by atoms with Gasteiger partial charge in [-0.05, 0) is 12.1 Å². The molecular formula is C10H7Cl2N3O2S. The highest BCUT2D eigenvalue weighted by Gasteiger charge is 2.12. The molecule has 0 amide bonds. The molecule has 2 rings (SSSR count). The van der Waals surface area contributed by atoms with E-state index in [1.807, 2.05) is 0 Å². The topological polar surface area (TPSA) is 68.1 Å². The minimum absolute atomic E-state index is 0.114. The average molecular weight is 304 g/mol. The Morgan fingerprint density at radius 3 is 2.83 bits per heavy atom. The van der Waals surface area contributed by atoms with E-state index in [1.54, 1.807) is 12.3 Å². The second-order valence-electron chi connectivity index (χ2n) is 3.33. The Kier molecular flexibility index (Phi) is 4.00. The maximum absolute atomic E-state index is 10.7. The van der Waals surface area contributed by atoms with Gasteiger partial charge in [0.15, 0.2) is 0 Å². The van der Waals surface area contributed by atoms with Crippen LogP contribution in [0.25, 0.3) is 0 Å². The number of nitrogens with zero attached hydrogens (tertiary/aromatic N) is 2. The van der Waals surface area contributed by atoms with Crippen LogP contribution >= 0.6 is 34.5 Å². The van der Waals surface area contributed by atoms with Gasteiger partial charge in [0.1, 0.15) is 14.4 Å². The van der Waals surface area contributed by atoms with E-state index in [0.29, 0.717) is 16.6 Å². The minimum atomic E-state index is -0.520. The number of thiazole rings is 1. The molecule has 0 aliphatic carbocycles. The molecule has 0 saturated heterocycles. The summed E-state index contributed by atoms with van der Waals surface area (Å²) < 4.78 is 0.605. The van der Waals surface area contributed by atoms with Crippen LogP contribution in [0.15, 0.2) is 24.4 Å². The van der Waals surface area contributed by atoms with E-state index in [2.05, 4.69) is 10.3 Å². The van der Waals surface area contributed by atoms with E-state index in [-0.39, 0.29) is 10.7 Å². The van der Waals surface area contributed by atoms with E-state index >= 15 is 0 Å². The van der Waals surface area contributed by atoms with Gasteiger partial charge in [0.2, 0.25) is 0 Å². The SMILES string of the molecule is O=[N+]([O-])c1cc(NCc2ncc(Cl)s2)ccc1Cl. The average Bonchev–Trinajstić information content (AvgIpc) is 2.74. The molecule has 0 aliphatic heterocycles. The highest BCUT2D eigenvalue weighted by atomic mass is 35.5. The predicted molar refractivity (Wildman–Crippen MR) is 72.6 cm³/mol. The number of anilines is 1. The zero-order valence-electron chi connectivity index (χ0n) is 8.89. The summed E-state index contributed by atoms with van der Waals surface area (Å²) in [5, 5.41) is 14.7. The molecule has 94 valence electrons. The van der Waals surface area contributed by atoms with Crippen molar-refractivity contribution in [1.82, 2.24) is 4.98 Å². The van der Waals surface area contributed by atoms with Gasteiger partial charge in [-0.15, -0.1) is 11.3 Å². The van der Waals surface area contributed by atoms with Gasteiger partial charge in [0.05, 0.1) is 17.7 Å². The minimum Gasteiger partial charge on any atom is -0.378 e. The molecule has 1 aromatic heterocycles. The molecule has 2 aromatic rings. The largest absolute Gasteiger partial charge is 0.378 e. The fraction of sp³-hybridized carbons (Fsp3) is 0.100. The van der Waals surface area contributed by atoms with Crippen molar-refractivity contribution in [3.05, 3.63) is 48.9 Å². The molecule has 0 spiro atoms. The number of hydrogen-bond acceptors (Lipinski definition) is 5. The molecule has 1 aromatic carbocycles. The van der Waals surface area contributed by atoms with Crippen molar-refractivity contribution in [2.75, 3.05) is 5.32 Å². The van der Waals surface area contributed by atoms with E-state index < -0.39 is 4.92 Å². The van der Waals surface area contributed by atoms with E-state index in [0.717, 1.165) is 5.01 Å². The Hall–Kier alpha value is -1.37. The molecule has 8 heteroatoms. The fourth-order valence-electron chi connectivity index (χ4n) is 1.31. The van der Waals surface area contributed by atoms with E-state index in [1.165, 1.54) is 23.5 Å². The van der Waals surface area contributed by atoms with Gasteiger partial charge >= 0.3 is 0 Å². The molecule has 1 heterocycles. The van der Waals surface area contributed by atoms with Crippen LogP contribution in [0.5, 0.6) is 0 Å². The molecule has 0 saturated carbocycles. The van der Waals surface area contributed by atoms with Crippen LogP contribution in [-0.4, -0.2) is 9.91 Å². The second kappa shape index (κ2) is 5.51. The Morgan fingerprint density at radius 1 is 1.44 bits per heavy atom. The molecule has 0 radical (unpaired) electrons. The van der Waals surface area contributed by atoms with Crippen LogP contribution in [0.4, 0.5) is 11.4 Å². The van der Waals surface area contributed by atoms with Gasteiger partial charge in [-0.1, -0.05) is 23.2 Å². The third kappa shape index (κ3) is 3.10. The molecule has 1 N–H and O–H groups in total. The smallest absolute Gasteiger partial charge is 0.289 e. The first-order valence-electron chi connectivity index (χ1n) is 4.84. The summed E-state index contributed by atoms with van der Waals surface area (Å²) in [5.41, 5.74) is 0.483. The first-order chi connectivity index (χ1) is 8.56. The zero-order chi connectivity index (χ0) is 13.1. The normalized spacial score (nSPS) is 10.3. The standard InChI is InChI=1S/C10H7Cl2N3O2S/c11-7-2-1-6(3-8(7)15(16)17)13-5-10-14-4-9(12)18-10/h1-4,13H,5H2. The second-order valence-corrected chi connectivity index (χ2v) is 5.49. The van der Waals surface area contributed by atoms with Gasteiger partial charge in [-0.3, -0.25) is 10.1 Å². The van der Waals surface area contributed by atoms with Crippen molar-refractivity contribution in [3.8, 4) is 0 Å². The highest BCUT2D eigenvalue weighted by molar-refractivity contribution is 7.15. The van der Waals surface area contributed by atoms with E-state index in [9.17, 15) is 10.1 Å². The molecule has 0 bridgehead atoms. The molecule has 0 fully saturated rings. The lowest BCUT2D eigenvalue weighted by atomic mass is 10.3. The Bertz CT molecular complexity index is 588.